The van der Waals surface area contributed by atoms with Gasteiger partial charge in [0.15, 0.2) is 5.78 Å². The molecule has 1 aliphatic rings. The lowest BCUT2D eigenvalue weighted by molar-refractivity contribution is -0.142. The Labute approximate surface area is 79.1 Å². The van der Waals surface area contributed by atoms with Crippen LogP contribution in [0.2, 0.25) is 0 Å². The predicted molar refractivity (Wildman–Crippen MR) is 49.5 cm³/mol. The third-order valence-corrected chi connectivity index (χ3v) is 2.73. The lowest BCUT2D eigenvalue weighted by Crippen LogP contribution is -2.40. The van der Waals surface area contributed by atoms with Gasteiger partial charge in [-0.15, -0.1) is 0 Å². The number of aliphatic hydroxyl groups is 1. The first-order chi connectivity index (χ1) is 6.19. The van der Waals surface area contributed by atoms with Crippen molar-refractivity contribution >= 4 is 5.78 Å². The fraction of sp³-hybridized carbons (Fsp3) is 0.900. The molecule has 0 unspecified atom stereocenters. The summed E-state index contributed by atoms with van der Waals surface area (Å²) in [5, 5.41) is 10.0. The molecule has 0 aromatic rings. The van der Waals surface area contributed by atoms with Crippen LogP contribution in [0, 0.1) is 0 Å². The van der Waals surface area contributed by atoms with E-state index in [0.29, 0.717) is 12.8 Å². The van der Waals surface area contributed by atoms with Crippen molar-refractivity contribution in [1.29, 1.82) is 0 Å². The number of ether oxygens (including phenoxy) is 1. The Morgan fingerprint density at radius 2 is 1.85 bits per heavy atom. The molecule has 76 valence electrons. The van der Waals surface area contributed by atoms with Crippen molar-refractivity contribution in [2.24, 2.45) is 0 Å². The lowest BCUT2D eigenvalue weighted by atomic mass is 9.90. The molecule has 0 heterocycles. The molecule has 0 saturated heterocycles. The second kappa shape index (κ2) is 4.72. The van der Waals surface area contributed by atoms with Gasteiger partial charge in [-0.2, -0.15) is 0 Å². The minimum Gasteiger partial charge on any atom is -0.382 e. The van der Waals surface area contributed by atoms with E-state index in [-0.39, 0.29) is 12.4 Å². The Morgan fingerprint density at radius 1 is 1.31 bits per heavy atom. The normalized spacial score (nSPS) is 22.3. The average molecular weight is 186 g/mol. The number of carbonyl (C=O) groups is 1. The SMILES string of the molecule is COCC(=O)C1(O)CCCCCC1. The zero-order valence-electron chi connectivity index (χ0n) is 8.21. The van der Waals surface area contributed by atoms with Crippen LogP contribution in [0.1, 0.15) is 38.5 Å². The Morgan fingerprint density at radius 3 is 2.31 bits per heavy atom. The molecule has 13 heavy (non-hydrogen) atoms. The van der Waals surface area contributed by atoms with Crippen LogP contribution in [0.25, 0.3) is 0 Å². The summed E-state index contributed by atoms with van der Waals surface area (Å²) in [6, 6.07) is 0. The number of ketones is 1. The van der Waals surface area contributed by atoms with Crippen molar-refractivity contribution in [1.82, 2.24) is 0 Å². The predicted octanol–water partition coefficient (Wildman–Crippen LogP) is 1.29. The summed E-state index contributed by atoms with van der Waals surface area (Å²) >= 11 is 0. The third kappa shape index (κ3) is 2.78. The van der Waals surface area contributed by atoms with E-state index in [9.17, 15) is 9.90 Å². The second-order valence-corrected chi connectivity index (χ2v) is 3.80. The van der Waals surface area contributed by atoms with Gasteiger partial charge < -0.3 is 9.84 Å². The summed E-state index contributed by atoms with van der Waals surface area (Å²) < 4.78 is 4.75. The van der Waals surface area contributed by atoms with Crippen molar-refractivity contribution in [3.63, 3.8) is 0 Å². The van der Waals surface area contributed by atoms with E-state index in [0.717, 1.165) is 25.7 Å². The van der Waals surface area contributed by atoms with Crippen LogP contribution in [-0.2, 0) is 9.53 Å². The highest BCUT2D eigenvalue weighted by Crippen LogP contribution is 2.27. The Kier molecular flexibility index (Phi) is 3.88. The monoisotopic (exact) mass is 186 g/mol. The van der Waals surface area contributed by atoms with Crippen LogP contribution in [0.5, 0.6) is 0 Å². The summed E-state index contributed by atoms with van der Waals surface area (Å²) in [6.45, 7) is 0.0382. The largest absolute Gasteiger partial charge is 0.382 e. The molecule has 0 aromatic heterocycles. The first kappa shape index (κ1) is 10.7. The summed E-state index contributed by atoms with van der Waals surface area (Å²) in [5.74, 6) is -0.156. The van der Waals surface area contributed by atoms with E-state index in [1.54, 1.807) is 0 Å². The maximum atomic E-state index is 11.5. The molecular formula is C10H18O3. The fourth-order valence-corrected chi connectivity index (χ4v) is 1.86. The topological polar surface area (TPSA) is 46.5 Å². The van der Waals surface area contributed by atoms with Crippen molar-refractivity contribution in [3.05, 3.63) is 0 Å². The molecule has 3 nitrogen and oxygen atoms in total. The van der Waals surface area contributed by atoms with Gasteiger partial charge in [0.25, 0.3) is 0 Å². The number of hydrogen-bond donors (Lipinski definition) is 1. The molecule has 0 aliphatic heterocycles. The maximum absolute atomic E-state index is 11.5. The van der Waals surface area contributed by atoms with Gasteiger partial charge in [-0.3, -0.25) is 4.79 Å². The van der Waals surface area contributed by atoms with Gasteiger partial charge in [-0.1, -0.05) is 25.7 Å². The van der Waals surface area contributed by atoms with Crippen LogP contribution in [0.4, 0.5) is 0 Å². The zero-order valence-corrected chi connectivity index (χ0v) is 8.21. The van der Waals surface area contributed by atoms with E-state index in [1.165, 1.54) is 7.11 Å². The smallest absolute Gasteiger partial charge is 0.189 e. The van der Waals surface area contributed by atoms with Crippen molar-refractivity contribution in [2.45, 2.75) is 44.1 Å². The number of Topliss-reactive ketones (excluding diaryl/α,β-unsaturated/α-hetero) is 1. The zero-order chi connectivity index (χ0) is 9.73. The van der Waals surface area contributed by atoms with Crippen molar-refractivity contribution < 1.29 is 14.6 Å². The third-order valence-electron chi connectivity index (χ3n) is 2.73. The van der Waals surface area contributed by atoms with E-state index in [4.69, 9.17) is 4.74 Å². The molecule has 1 fully saturated rings. The Bertz CT molecular complexity index is 169. The molecule has 0 spiro atoms. The molecule has 0 amide bonds. The van der Waals surface area contributed by atoms with Gasteiger partial charge in [0.2, 0.25) is 0 Å². The van der Waals surface area contributed by atoms with Crippen LogP contribution in [0.15, 0.2) is 0 Å². The minimum absolute atomic E-state index is 0.0382. The molecule has 0 atom stereocenters. The summed E-state index contributed by atoms with van der Waals surface area (Å²) in [4.78, 5) is 11.5. The van der Waals surface area contributed by atoms with Crippen LogP contribution in [0.3, 0.4) is 0 Å². The first-order valence-electron chi connectivity index (χ1n) is 4.94. The summed E-state index contributed by atoms with van der Waals surface area (Å²) in [7, 11) is 1.48. The van der Waals surface area contributed by atoms with E-state index >= 15 is 0 Å². The minimum atomic E-state index is -1.09. The number of rotatable bonds is 3. The van der Waals surface area contributed by atoms with Crippen LogP contribution in [-0.4, -0.2) is 30.2 Å². The highest BCUT2D eigenvalue weighted by atomic mass is 16.5. The van der Waals surface area contributed by atoms with Gasteiger partial charge in [0.05, 0.1) is 0 Å². The lowest BCUT2D eigenvalue weighted by Gasteiger charge is -2.24. The Balaban J connectivity index is 2.55. The molecule has 1 N–H and O–H groups in total. The van der Waals surface area contributed by atoms with Gasteiger partial charge >= 0.3 is 0 Å². The van der Waals surface area contributed by atoms with Gasteiger partial charge in [-0.05, 0) is 12.8 Å². The van der Waals surface area contributed by atoms with Crippen LogP contribution < -0.4 is 0 Å². The average Bonchev–Trinajstić information content (AvgIpc) is 2.32. The molecule has 0 radical (unpaired) electrons. The second-order valence-electron chi connectivity index (χ2n) is 3.80. The van der Waals surface area contributed by atoms with Gasteiger partial charge in [-0.25, -0.2) is 0 Å². The standard InChI is InChI=1S/C10H18O3/c1-13-8-9(11)10(12)6-4-2-3-5-7-10/h12H,2-8H2,1H3. The molecule has 0 bridgehead atoms. The van der Waals surface area contributed by atoms with Crippen molar-refractivity contribution in [2.75, 3.05) is 13.7 Å². The highest BCUT2D eigenvalue weighted by molar-refractivity contribution is 5.88. The maximum Gasteiger partial charge on any atom is 0.189 e. The first-order valence-corrected chi connectivity index (χ1v) is 4.94. The highest BCUT2D eigenvalue weighted by Gasteiger charge is 2.35. The molecule has 3 heteroatoms. The van der Waals surface area contributed by atoms with E-state index in [1.807, 2.05) is 0 Å². The van der Waals surface area contributed by atoms with Crippen LogP contribution >= 0.6 is 0 Å². The quantitative estimate of drug-likeness (QED) is 0.675. The summed E-state index contributed by atoms with van der Waals surface area (Å²) in [5.41, 5.74) is -1.09. The number of hydrogen-bond acceptors (Lipinski definition) is 3. The van der Waals surface area contributed by atoms with Gasteiger partial charge in [0, 0.05) is 7.11 Å². The number of carbonyl (C=O) groups excluding carboxylic acids is 1. The van der Waals surface area contributed by atoms with E-state index < -0.39 is 5.60 Å². The van der Waals surface area contributed by atoms with Gasteiger partial charge in [0.1, 0.15) is 12.2 Å². The molecule has 1 saturated carbocycles. The molecular weight excluding hydrogens is 168 g/mol. The summed E-state index contributed by atoms with van der Waals surface area (Å²) in [6.07, 6.45) is 5.37. The van der Waals surface area contributed by atoms with E-state index in [2.05, 4.69) is 0 Å². The molecule has 1 rings (SSSR count). The Hall–Kier alpha value is -0.410. The fourth-order valence-electron chi connectivity index (χ4n) is 1.86. The number of methoxy groups -OCH3 is 1. The molecule has 1 aliphatic carbocycles. The van der Waals surface area contributed by atoms with Crippen molar-refractivity contribution in [3.8, 4) is 0 Å². The molecule has 0 aromatic carbocycles.